The molecule has 0 bridgehead atoms. The zero-order valence-corrected chi connectivity index (χ0v) is 11.9. The molecule has 3 heterocycles. The van der Waals surface area contributed by atoms with Gasteiger partial charge in [0.05, 0.1) is 18.0 Å². The average Bonchev–Trinajstić information content (AvgIpc) is 2.78. The number of hydrogen-bond donors (Lipinski definition) is 2. The number of H-pyrrole nitrogens is 1. The van der Waals surface area contributed by atoms with Gasteiger partial charge in [-0.1, -0.05) is 6.92 Å². The normalized spacial score (nSPS) is 22.7. The third-order valence-electron chi connectivity index (χ3n) is 4.03. The third-order valence-corrected chi connectivity index (χ3v) is 4.03. The van der Waals surface area contributed by atoms with Crippen molar-refractivity contribution in [3.63, 3.8) is 0 Å². The maximum atomic E-state index is 12.7. The fourth-order valence-electron chi connectivity index (χ4n) is 2.79. The van der Waals surface area contributed by atoms with E-state index in [1.165, 1.54) is 6.33 Å². The van der Waals surface area contributed by atoms with E-state index in [0.29, 0.717) is 25.3 Å². The van der Waals surface area contributed by atoms with Crippen molar-refractivity contribution in [3.8, 4) is 0 Å². The van der Waals surface area contributed by atoms with E-state index in [1.807, 2.05) is 6.92 Å². The molecule has 7 nitrogen and oxygen atoms in total. The van der Waals surface area contributed by atoms with Crippen LogP contribution in [0.4, 0.5) is 0 Å². The summed E-state index contributed by atoms with van der Waals surface area (Å²) < 4.78 is 5.41. The Bertz CT molecular complexity index is 748. The number of carbonyl (C=O) groups is 1. The van der Waals surface area contributed by atoms with Gasteiger partial charge in [0, 0.05) is 13.1 Å². The number of aliphatic hydroxyl groups excluding tert-OH is 1. The molecule has 2 atom stereocenters. The largest absolute Gasteiger partial charge is 0.442 e. The lowest BCUT2D eigenvalue weighted by Gasteiger charge is -2.34. The van der Waals surface area contributed by atoms with Crippen LogP contribution in [0.2, 0.25) is 0 Å². The molecule has 2 aromatic heterocycles. The predicted molar refractivity (Wildman–Crippen MR) is 75.1 cm³/mol. The number of aliphatic hydroxyl groups is 1. The van der Waals surface area contributed by atoms with E-state index < -0.39 is 0 Å². The highest BCUT2D eigenvalue weighted by Gasteiger charge is 2.31. The molecule has 2 unspecified atom stereocenters. The number of furan rings is 1. The summed E-state index contributed by atoms with van der Waals surface area (Å²) in [6, 6.07) is 0. The Labute approximate surface area is 120 Å². The number of amides is 1. The molecule has 2 N–H and O–H groups in total. The monoisotopic (exact) mass is 291 g/mol. The number of carbonyl (C=O) groups excluding carboxylic acids is 1. The third kappa shape index (κ3) is 2.23. The van der Waals surface area contributed by atoms with E-state index in [0.717, 1.165) is 0 Å². The number of rotatable bonds is 1. The van der Waals surface area contributed by atoms with Gasteiger partial charge in [0.2, 0.25) is 5.71 Å². The van der Waals surface area contributed by atoms with Gasteiger partial charge >= 0.3 is 0 Å². The first-order valence-electron chi connectivity index (χ1n) is 6.93. The average molecular weight is 291 g/mol. The molecule has 1 amide bonds. The highest BCUT2D eigenvalue weighted by Crippen LogP contribution is 2.25. The van der Waals surface area contributed by atoms with E-state index in [4.69, 9.17) is 4.42 Å². The minimum atomic E-state index is -0.388. The number of aromatic amines is 1. The van der Waals surface area contributed by atoms with Crippen molar-refractivity contribution in [3.05, 3.63) is 28.0 Å². The molecule has 0 saturated carbocycles. The molecular formula is C14H17N3O4. The number of hydrogen-bond acceptors (Lipinski definition) is 5. The molecule has 1 aliphatic rings. The first-order valence-corrected chi connectivity index (χ1v) is 6.93. The molecule has 0 radical (unpaired) electrons. The van der Waals surface area contributed by atoms with Gasteiger partial charge < -0.3 is 19.4 Å². The Morgan fingerprint density at radius 2 is 2.33 bits per heavy atom. The van der Waals surface area contributed by atoms with Crippen molar-refractivity contribution in [1.29, 1.82) is 0 Å². The van der Waals surface area contributed by atoms with Gasteiger partial charge in [0.25, 0.3) is 11.5 Å². The van der Waals surface area contributed by atoms with Gasteiger partial charge in [0.15, 0.2) is 0 Å². The van der Waals surface area contributed by atoms with E-state index >= 15 is 0 Å². The van der Waals surface area contributed by atoms with E-state index in [-0.39, 0.29) is 40.2 Å². The van der Waals surface area contributed by atoms with Crippen LogP contribution in [0.5, 0.6) is 0 Å². The molecule has 2 aromatic rings. The second kappa shape index (κ2) is 5.00. The van der Waals surface area contributed by atoms with Crippen LogP contribution >= 0.6 is 0 Å². The number of piperidine rings is 1. The molecule has 7 heteroatoms. The van der Waals surface area contributed by atoms with Crippen molar-refractivity contribution in [2.75, 3.05) is 13.1 Å². The van der Waals surface area contributed by atoms with Crippen LogP contribution in [0.15, 0.2) is 15.5 Å². The Morgan fingerprint density at radius 1 is 1.57 bits per heavy atom. The number of likely N-dealkylation sites (tertiary alicyclic amines) is 1. The zero-order chi connectivity index (χ0) is 15.1. The second-order valence-corrected chi connectivity index (χ2v) is 5.53. The maximum Gasteiger partial charge on any atom is 0.262 e. The molecule has 112 valence electrons. The summed E-state index contributed by atoms with van der Waals surface area (Å²) in [5.41, 5.74) is 0.0536. The number of nitrogens with one attached hydrogen (secondary N) is 1. The molecular weight excluding hydrogens is 274 g/mol. The molecule has 21 heavy (non-hydrogen) atoms. The van der Waals surface area contributed by atoms with Crippen molar-refractivity contribution in [2.45, 2.75) is 26.4 Å². The van der Waals surface area contributed by atoms with Gasteiger partial charge in [-0.05, 0) is 19.3 Å². The molecule has 0 aliphatic carbocycles. The molecule has 3 rings (SSSR count). The molecule has 1 aliphatic heterocycles. The van der Waals surface area contributed by atoms with Crippen molar-refractivity contribution >= 4 is 17.0 Å². The zero-order valence-electron chi connectivity index (χ0n) is 11.9. The minimum Gasteiger partial charge on any atom is -0.442 e. The smallest absolute Gasteiger partial charge is 0.262 e. The van der Waals surface area contributed by atoms with Crippen molar-refractivity contribution in [2.24, 2.45) is 5.92 Å². The summed E-state index contributed by atoms with van der Waals surface area (Å²) >= 11 is 0. The molecule has 0 spiro atoms. The predicted octanol–water partition coefficient (Wildman–Crippen LogP) is 0.667. The van der Waals surface area contributed by atoms with E-state index in [1.54, 1.807) is 11.8 Å². The minimum absolute atomic E-state index is 0.0116. The van der Waals surface area contributed by atoms with Crippen LogP contribution in [0.25, 0.3) is 11.1 Å². The van der Waals surface area contributed by atoms with Gasteiger partial charge in [-0.3, -0.25) is 9.59 Å². The second-order valence-electron chi connectivity index (χ2n) is 5.53. The SMILES string of the molecule is Cc1oc2nc[nH]c(=O)c2c1C(=O)N1CCC(O)C(C)C1. The first-order chi connectivity index (χ1) is 9.99. The van der Waals surface area contributed by atoms with Gasteiger partial charge in [0.1, 0.15) is 11.1 Å². The first kappa shape index (κ1) is 13.8. The number of nitrogens with zero attached hydrogens (tertiary/aromatic N) is 2. The maximum absolute atomic E-state index is 12.7. The summed E-state index contributed by atoms with van der Waals surface area (Å²) in [5, 5.41) is 9.95. The van der Waals surface area contributed by atoms with E-state index in [9.17, 15) is 14.7 Å². The Morgan fingerprint density at radius 3 is 3.05 bits per heavy atom. The van der Waals surface area contributed by atoms with Crippen molar-refractivity contribution in [1.82, 2.24) is 14.9 Å². The molecule has 0 aromatic carbocycles. The van der Waals surface area contributed by atoms with Gasteiger partial charge in [-0.25, -0.2) is 4.98 Å². The Hall–Kier alpha value is -2.15. The summed E-state index contributed by atoms with van der Waals surface area (Å²) in [6.45, 7) is 4.48. The molecule has 1 fully saturated rings. The summed E-state index contributed by atoms with van der Waals surface area (Å²) in [6.07, 6.45) is 1.40. The standard InChI is InChI=1S/C14H17N3O4/c1-7-5-17(4-3-9(7)18)14(20)10-8(2)21-13-11(10)12(19)15-6-16-13/h6-7,9,18H,3-5H2,1-2H3,(H,15,16,19). The fourth-order valence-corrected chi connectivity index (χ4v) is 2.79. The number of aryl methyl sites for hydroxylation is 1. The van der Waals surface area contributed by atoms with Crippen LogP contribution in [0.3, 0.4) is 0 Å². The van der Waals surface area contributed by atoms with Crippen molar-refractivity contribution < 1.29 is 14.3 Å². The number of fused-ring (bicyclic) bond motifs is 1. The number of aromatic nitrogens is 2. The Kier molecular flexibility index (Phi) is 3.29. The highest BCUT2D eigenvalue weighted by atomic mass is 16.3. The van der Waals surface area contributed by atoms with E-state index in [2.05, 4.69) is 9.97 Å². The van der Waals surface area contributed by atoms with Crippen LogP contribution < -0.4 is 5.56 Å². The van der Waals surface area contributed by atoms with Gasteiger partial charge in [-0.2, -0.15) is 0 Å². The van der Waals surface area contributed by atoms with Crippen LogP contribution in [-0.2, 0) is 0 Å². The van der Waals surface area contributed by atoms with Crippen LogP contribution in [-0.4, -0.2) is 45.1 Å². The summed E-state index contributed by atoms with van der Waals surface area (Å²) in [4.78, 5) is 32.7. The molecule has 1 saturated heterocycles. The fraction of sp³-hybridized carbons (Fsp3) is 0.500. The van der Waals surface area contributed by atoms with Gasteiger partial charge in [-0.15, -0.1) is 0 Å². The Balaban J connectivity index is 2.03. The summed E-state index contributed by atoms with van der Waals surface area (Å²) in [5.74, 6) is 0.152. The quantitative estimate of drug-likeness (QED) is 0.804. The van der Waals surface area contributed by atoms with Crippen LogP contribution in [0.1, 0.15) is 29.5 Å². The lowest BCUT2D eigenvalue weighted by molar-refractivity contribution is 0.0297. The lowest BCUT2D eigenvalue weighted by atomic mass is 9.96. The van der Waals surface area contributed by atoms with Crippen LogP contribution in [0, 0.1) is 12.8 Å². The topological polar surface area (TPSA) is 99.4 Å². The highest BCUT2D eigenvalue weighted by molar-refractivity contribution is 6.06. The summed E-state index contributed by atoms with van der Waals surface area (Å²) in [7, 11) is 0. The lowest BCUT2D eigenvalue weighted by Crippen LogP contribution is -2.45.